The lowest BCUT2D eigenvalue weighted by Crippen LogP contribution is -2.14. The molecule has 0 radical (unpaired) electrons. The number of nitrogens with zero attached hydrogens (tertiary/aromatic N) is 3. The highest BCUT2D eigenvalue weighted by atomic mass is 35.5. The van der Waals surface area contributed by atoms with Crippen LogP contribution in [0.5, 0.6) is 0 Å². The second kappa shape index (κ2) is 7.00. The molecule has 1 unspecified atom stereocenters. The van der Waals surface area contributed by atoms with E-state index in [0.29, 0.717) is 17.1 Å². The van der Waals surface area contributed by atoms with E-state index in [1.165, 1.54) is 25.7 Å². The van der Waals surface area contributed by atoms with Crippen LogP contribution in [-0.4, -0.2) is 14.8 Å². The molecule has 0 aliphatic carbocycles. The van der Waals surface area contributed by atoms with Gasteiger partial charge in [0, 0.05) is 12.5 Å². The fraction of sp³-hybridized carbons (Fsp3) is 0.846. The molecule has 1 aromatic rings. The molecule has 0 bridgehead atoms. The zero-order chi connectivity index (χ0) is 12.8. The van der Waals surface area contributed by atoms with Crippen LogP contribution in [0.1, 0.15) is 65.1 Å². The van der Waals surface area contributed by atoms with Gasteiger partial charge in [-0.1, -0.05) is 47.0 Å². The highest BCUT2D eigenvalue weighted by Crippen LogP contribution is 2.22. The average Bonchev–Trinajstić information content (AvgIpc) is 2.66. The van der Waals surface area contributed by atoms with Crippen LogP contribution in [0.15, 0.2) is 0 Å². The second-order valence-corrected chi connectivity index (χ2v) is 5.35. The Labute approximate surface area is 110 Å². The Balaban J connectivity index is 2.74. The van der Waals surface area contributed by atoms with Gasteiger partial charge in [0.05, 0.1) is 0 Å². The maximum absolute atomic E-state index is 6.11. The lowest BCUT2D eigenvalue weighted by atomic mass is 9.99. The molecule has 1 atom stereocenters. The van der Waals surface area contributed by atoms with Gasteiger partial charge in [0.25, 0.3) is 0 Å². The van der Waals surface area contributed by atoms with Crippen LogP contribution < -0.4 is 0 Å². The van der Waals surface area contributed by atoms with Gasteiger partial charge in [-0.3, -0.25) is 0 Å². The third-order valence-electron chi connectivity index (χ3n) is 3.23. The van der Waals surface area contributed by atoms with Gasteiger partial charge in [-0.05, 0) is 23.9 Å². The summed E-state index contributed by atoms with van der Waals surface area (Å²) in [5, 5.41) is 8.68. The van der Waals surface area contributed by atoms with Crippen molar-refractivity contribution < 1.29 is 0 Å². The molecule has 0 aliphatic heterocycles. The van der Waals surface area contributed by atoms with Crippen LogP contribution in [0.4, 0.5) is 0 Å². The smallest absolute Gasteiger partial charge is 0.225 e. The average molecular weight is 258 g/mol. The molecule has 0 aliphatic rings. The Morgan fingerprint density at radius 3 is 2.47 bits per heavy atom. The van der Waals surface area contributed by atoms with Crippen molar-refractivity contribution in [1.82, 2.24) is 14.8 Å². The molecule has 98 valence electrons. The van der Waals surface area contributed by atoms with Crippen LogP contribution in [0.3, 0.4) is 0 Å². The normalized spacial score (nSPS) is 13.3. The summed E-state index contributed by atoms with van der Waals surface area (Å²) in [6, 6.07) is 0. The molecule has 0 amide bonds. The van der Waals surface area contributed by atoms with Gasteiger partial charge < -0.3 is 4.57 Å². The summed E-state index contributed by atoms with van der Waals surface area (Å²) in [7, 11) is 0. The molecule has 0 spiro atoms. The molecular formula is C13H24ClN3. The van der Waals surface area contributed by atoms with E-state index >= 15 is 0 Å². The zero-order valence-electron chi connectivity index (χ0n) is 11.4. The molecule has 1 aromatic heterocycles. The first-order valence-electron chi connectivity index (χ1n) is 6.68. The van der Waals surface area contributed by atoms with Crippen molar-refractivity contribution in [1.29, 1.82) is 0 Å². The van der Waals surface area contributed by atoms with Crippen LogP contribution in [-0.2, 0) is 6.54 Å². The number of aromatic nitrogens is 3. The van der Waals surface area contributed by atoms with Crippen LogP contribution >= 0.6 is 11.6 Å². The quantitative estimate of drug-likeness (QED) is 0.730. The minimum Gasteiger partial charge on any atom is -0.301 e. The van der Waals surface area contributed by atoms with Gasteiger partial charge in [0.15, 0.2) is 0 Å². The largest absolute Gasteiger partial charge is 0.301 e. The highest BCUT2D eigenvalue weighted by Gasteiger charge is 2.16. The summed E-state index contributed by atoms with van der Waals surface area (Å²) >= 11 is 6.11. The molecule has 0 N–H and O–H groups in total. The molecule has 0 fully saturated rings. The first-order chi connectivity index (χ1) is 8.10. The van der Waals surface area contributed by atoms with Crippen molar-refractivity contribution in [2.45, 2.75) is 65.8 Å². The first kappa shape index (κ1) is 14.5. The van der Waals surface area contributed by atoms with Crippen LogP contribution in [0, 0.1) is 5.92 Å². The second-order valence-electron chi connectivity index (χ2n) is 5.01. The predicted octanol–water partition coefficient (Wildman–Crippen LogP) is 4.27. The van der Waals surface area contributed by atoms with E-state index in [9.17, 15) is 0 Å². The maximum atomic E-state index is 6.11. The van der Waals surface area contributed by atoms with Gasteiger partial charge in [-0.15, -0.1) is 10.2 Å². The number of hydrogen-bond donors (Lipinski definition) is 0. The summed E-state index contributed by atoms with van der Waals surface area (Å²) in [4.78, 5) is 0. The monoisotopic (exact) mass is 257 g/mol. The third-order valence-corrected chi connectivity index (χ3v) is 3.51. The van der Waals surface area contributed by atoms with Gasteiger partial charge in [-0.25, -0.2) is 0 Å². The zero-order valence-corrected chi connectivity index (χ0v) is 12.2. The third kappa shape index (κ3) is 3.98. The van der Waals surface area contributed by atoms with Gasteiger partial charge in [0.2, 0.25) is 5.28 Å². The van der Waals surface area contributed by atoms with Gasteiger partial charge >= 0.3 is 0 Å². The standard InChI is InChI=1S/C13H24ClN3/c1-5-7-8-11(6-2)9-17-12(10(3)4)15-16-13(17)14/h10-11H,5-9H2,1-4H3. The Bertz CT molecular complexity index is 333. The summed E-state index contributed by atoms with van der Waals surface area (Å²) in [6.45, 7) is 9.69. The summed E-state index contributed by atoms with van der Waals surface area (Å²) in [5.74, 6) is 2.06. The topological polar surface area (TPSA) is 30.7 Å². The number of halogens is 1. The first-order valence-corrected chi connectivity index (χ1v) is 7.06. The minimum atomic E-state index is 0.374. The fourth-order valence-electron chi connectivity index (χ4n) is 2.07. The molecule has 3 nitrogen and oxygen atoms in total. The van der Waals surface area contributed by atoms with E-state index in [4.69, 9.17) is 11.6 Å². The Kier molecular flexibility index (Phi) is 5.96. The van der Waals surface area contributed by atoms with E-state index in [-0.39, 0.29) is 0 Å². The molecule has 1 rings (SSSR count). The molecule has 0 saturated heterocycles. The van der Waals surface area contributed by atoms with Crippen molar-refractivity contribution in [2.24, 2.45) is 5.92 Å². The van der Waals surface area contributed by atoms with E-state index in [1.54, 1.807) is 0 Å². The van der Waals surface area contributed by atoms with E-state index < -0.39 is 0 Å². The lowest BCUT2D eigenvalue weighted by molar-refractivity contribution is 0.382. The van der Waals surface area contributed by atoms with Crippen molar-refractivity contribution in [2.75, 3.05) is 0 Å². The minimum absolute atomic E-state index is 0.374. The molecular weight excluding hydrogens is 234 g/mol. The fourth-order valence-corrected chi connectivity index (χ4v) is 2.26. The molecule has 4 heteroatoms. The lowest BCUT2D eigenvalue weighted by Gasteiger charge is -2.17. The van der Waals surface area contributed by atoms with Gasteiger partial charge in [0.1, 0.15) is 5.82 Å². The molecule has 0 aromatic carbocycles. The Morgan fingerprint density at radius 2 is 1.94 bits per heavy atom. The maximum Gasteiger partial charge on any atom is 0.225 e. The van der Waals surface area contributed by atoms with Crippen LogP contribution in [0.25, 0.3) is 0 Å². The van der Waals surface area contributed by atoms with Crippen molar-refractivity contribution in [3.63, 3.8) is 0 Å². The number of rotatable bonds is 7. The van der Waals surface area contributed by atoms with Crippen molar-refractivity contribution >= 4 is 11.6 Å². The summed E-state index contributed by atoms with van der Waals surface area (Å²) in [6.07, 6.45) is 4.99. The molecule has 17 heavy (non-hydrogen) atoms. The number of unbranched alkanes of at least 4 members (excludes halogenated alkanes) is 1. The van der Waals surface area contributed by atoms with Crippen molar-refractivity contribution in [3.05, 3.63) is 11.1 Å². The van der Waals surface area contributed by atoms with E-state index in [1.807, 2.05) is 0 Å². The molecule has 0 saturated carbocycles. The summed E-state index contributed by atoms with van der Waals surface area (Å²) in [5.41, 5.74) is 0. The summed E-state index contributed by atoms with van der Waals surface area (Å²) < 4.78 is 2.08. The van der Waals surface area contributed by atoms with Crippen LogP contribution in [0.2, 0.25) is 5.28 Å². The highest BCUT2D eigenvalue weighted by molar-refractivity contribution is 6.28. The Hall–Kier alpha value is -0.570. The molecule has 1 heterocycles. The SMILES string of the molecule is CCCCC(CC)Cn1c(Cl)nnc1C(C)C. The Morgan fingerprint density at radius 1 is 1.24 bits per heavy atom. The number of hydrogen-bond acceptors (Lipinski definition) is 2. The van der Waals surface area contributed by atoms with Crippen molar-refractivity contribution in [3.8, 4) is 0 Å². The van der Waals surface area contributed by atoms with E-state index in [2.05, 4.69) is 42.5 Å². The predicted molar refractivity (Wildman–Crippen MR) is 72.4 cm³/mol. The van der Waals surface area contributed by atoms with Gasteiger partial charge in [-0.2, -0.15) is 0 Å². The van der Waals surface area contributed by atoms with E-state index in [0.717, 1.165) is 12.4 Å².